The Balaban J connectivity index is 1.67. The molecule has 0 saturated heterocycles. The molecule has 27 heavy (non-hydrogen) atoms. The first-order valence-electron chi connectivity index (χ1n) is 8.13. The molecule has 136 valence electrons. The normalized spacial score (nSPS) is 15.4. The fourth-order valence-corrected chi connectivity index (χ4v) is 3.03. The van der Waals surface area contributed by atoms with Crippen LogP contribution in [0.5, 0.6) is 0 Å². The van der Waals surface area contributed by atoms with Gasteiger partial charge in [-0.3, -0.25) is 4.40 Å². The maximum absolute atomic E-state index is 14.2. The number of halogens is 3. The second-order valence-electron chi connectivity index (χ2n) is 6.48. The summed E-state index contributed by atoms with van der Waals surface area (Å²) in [5, 5.41) is 18.4. The van der Waals surface area contributed by atoms with E-state index in [1.54, 1.807) is 22.7 Å². The zero-order chi connectivity index (χ0) is 18.8. The predicted octanol–water partition coefficient (Wildman–Crippen LogP) is 3.45. The minimum atomic E-state index is -1.28. The number of pyridine rings is 1. The molecule has 0 unspecified atom stereocenters. The largest absolute Gasteiger partial charge is 0.443 e. The topological polar surface area (TPSA) is 76.5 Å². The highest BCUT2D eigenvalue weighted by Crippen LogP contribution is 2.44. The molecule has 1 aliphatic rings. The van der Waals surface area contributed by atoms with Crippen molar-refractivity contribution >= 4 is 5.65 Å². The summed E-state index contributed by atoms with van der Waals surface area (Å²) < 4.78 is 48.0. The lowest BCUT2D eigenvalue weighted by atomic mass is 10.1. The molecule has 5 rings (SSSR count). The van der Waals surface area contributed by atoms with Gasteiger partial charge in [0.2, 0.25) is 0 Å². The van der Waals surface area contributed by atoms with Crippen molar-refractivity contribution in [2.75, 3.05) is 0 Å². The van der Waals surface area contributed by atoms with E-state index in [1.807, 2.05) is 0 Å². The number of hydrogen-bond donors (Lipinski definition) is 1. The summed E-state index contributed by atoms with van der Waals surface area (Å²) in [7, 11) is 0. The molecule has 0 aliphatic heterocycles. The van der Waals surface area contributed by atoms with E-state index in [-0.39, 0.29) is 17.0 Å². The zero-order valence-corrected chi connectivity index (χ0v) is 13.7. The van der Waals surface area contributed by atoms with E-state index in [1.165, 1.54) is 0 Å². The first-order valence-corrected chi connectivity index (χ1v) is 8.13. The van der Waals surface area contributed by atoms with E-state index in [0.29, 0.717) is 35.9 Å². The van der Waals surface area contributed by atoms with Crippen molar-refractivity contribution in [1.29, 1.82) is 0 Å². The van der Waals surface area contributed by atoms with Crippen LogP contribution in [0.2, 0.25) is 0 Å². The molecule has 1 saturated carbocycles. The van der Waals surface area contributed by atoms with Crippen LogP contribution >= 0.6 is 0 Å². The van der Waals surface area contributed by atoms with Crippen LogP contribution in [-0.4, -0.2) is 24.7 Å². The number of nitrogens with zero attached hydrogens (tertiary/aromatic N) is 4. The summed E-state index contributed by atoms with van der Waals surface area (Å²) in [6, 6.07) is 4.52. The van der Waals surface area contributed by atoms with Gasteiger partial charge < -0.3 is 9.52 Å². The van der Waals surface area contributed by atoms with Gasteiger partial charge in [-0.05, 0) is 31.0 Å². The lowest BCUT2D eigenvalue weighted by Crippen LogP contribution is -2.10. The number of hydrogen-bond acceptors (Lipinski definition) is 5. The average molecular weight is 372 g/mol. The van der Waals surface area contributed by atoms with Crippen LogP contribution in [0.25, 0.3) is 28.2 Å². The zero-order valence-electron chi connectivity index (χ0n) is 13.7. The van der Waals surface area contributed by atoms with Gasteiger partial charge in [0, 0.05) is 23.4 Å². The molecular formula is C18H11F3N4O2. The monoisotopic (exact) mass is 372 g/mol. The van der Waals surface area contributed by atoms with Gasteiger partial charge in [0.15, 0.2) is 35.3 Å². The summed E-state index contributed by atoms with van der Waals surface area (Å²) in [6.07, 6.45) is 3.90. The summed E-state index contributed by atoms with van der Waals surface area (Å²) in [6.45, 7) is 0. The Kier molecular flexibility index (Phi) is 3.20. The summed E-state index contributed by atoms with van der Waals surface area (Å²) in [5.74, 6) is -2.85. The highest BCUT2D eigenvalue weighted by atomic mass is 19.2. The molecule has 0 atom stereocenters. The van der Waals surface area contributed by atoms with Crippen LogP contribution in [0.15, 0.2) is 41.3 Å². The Morgan fingerprint density at radius 3 is 2.59 bits per heavy atom. The molecule has 3 aromatic heterocycles. The van der Waals surface area contributed by atoms with Crippen LogP contribution in [0.3, 0.4) is 0 Å². The van der Waals surface area contributed by atoms with Gasteiger partial charge in [-0.15, -0.1) is 10.2 Å². The lowest BCUT2D eigenvalue weighted by Gasteiger charge is -2.07. The third-order valence-corrected chi connectivity index (χ3v) is 4.64. The number of rotatable bonds is 3. The molecular weight excluding hydrogens is 361 g/mol. The molecule has 0 spiro atoms. The van der Waals surface area contributed by atoms with Gasteiger partial charge in [0.25, 0.3) is 0 Å². The summed E-state index contributed by atoms with van der Waals surface area (Å²) in [4.78, 5) is 3.96. The maximum atomic E-state index is 14.2. The second-order valence-corrected chi connectivity index (χ2v) is 6.48. The van der Waals surface area contributed by atoms with Crippen LogP contribution < -0.4 is 0 Å². The molecule has 1 aromatic carbocycles. The van der Waals surface area contributed by atoms with Crippen molar-refractivity contribution in [3.8, 4) is 22.6 Å². The third kappa shape index (κ3) is 2.42. The first-order chi connectivity index (χ1) is 13.0. The van der Waals surface area contributed by atoms with E-state index in [4.69, 9.17) is 4.42 Å². The molecule has 1 fully saturated rings. The van der Waals surface area contributed by atoms with Crippen molar-refractivity contribution < 1.29 is 22.7 Å². The number of fused-ring (bicyclic) bond motifs is 1. The van der Waals surface area contributed by atoms with Gasteiger partial charge in [-0.2, -0.15) is 0 Å². The van der Waals surface area contributed by atoms with Crippen molar-refractivity contribution in [3.05, 3.63) is 60.1 Å². The molecule has 0 bridgehead atoms. The molecule has 9 heteroatoms. The Bertz CT molecular complexity index is 1200. The van der Waals surface area contributed by atoms with Crippen LogP contribution in [0.4, 0.5) is 13.2 Å². The molecule has 1 aliphatic carbocycles. The first kappa shape index (κ1) is 16.0. The van der Waals surface area contributed by atoms with Gasteiger partial charge in [0.05, 0.1) is 0 Å². The number of benzene rings is 1. The van der Waals surface area contributed by atoms with Crippen LogP contribution in [-0.2, 0) is 5.60 Å². The molecule has 0 radical (unpaired) electrons. The van der Waals surface area contributed by atoms with E-state index < -0.39 is 23.1 Å². The van der Waals surface area contributed by atoms with E-state index >= 15 is 0 Å². The molecule has 1 N–H and O–H groups in total. The maximum Gasteiger partial charge on any atom is 0.182 e. The Morgan fingerprint density at radius 1 is 1.04 bits per heavy atom. The minimum absolute atomic E-state index is 0.0329. The molecule has 3 heterocycles. The van der Waals surface area contributed by atoms with Crippen molar-refractivity contribution in [1.82, 2.24) is 19.6 Å². The van der Waals surface area contributed by atoms with Gasteiger partial charge in [0.1, 0.15) is 17.1 Å². The minimum Gasteiger partial charge on any atom is -0.443 e. The molecule has 4 aromatic rings. The fourth-order valence-electron chi connectivity index (χ4n) is 3.03. The van der Waals surface area contributed by atoms with Gasteiger partial charge in [-0.25, -0.2) is 18.2 Å². The van der Waals surface area contributed by atoms with E-state index in [2.05, 4.69) is 15.2 Å². The third-order valence-electron chi connectivity index (χ3n) is 4.64. The summed E-state index contributed by atoms with van der Waals surface area (Å²) >= 11 is 0. The summed E-state index contributed by atoms with van der Waals surface area (Å²) in [5.41, 5.74) is -0.180. The van der Waals surface area contributed by atoms with Crippen molar-refractivity contribution in [2.45, 2.75) is 18.4 Å². The highest BCUT2D eigenvalue weighted by molar-refractivity contribution is 5.77. The number of oxazole rings is 1. The van der Waals surface area contributed by atoms with Gasteiger partial charge >= 0.3 is 0 Å². The molecule has 6 nitrogen and oxygen atoms in total. The standard InChI is InChI=1S/C18H11F3N4O2/c19-11-6-13(21)12(20)5-10(11)15-16(27-8-22-15)9-1-2-14-23-24-17(25(14)7-9)18(26)3-4-18/h1-2,5-8,26H,3-4H2. The van der Waals surface area contributed by atoms with Crippen LogP contribution in [0, 0.1) is 17.5 Å². The quantitative estimate of drug-likeness (QED) is 0.558. The van der Waals surface area contributed by atoms with E-state index in [9.17, 15) is 18.3 Å². The predicted molar refractivity (Wildman–Crippen MR) is 86.9 cm³/mol. The average Bonchev–Trinajstić information content (AvgIpc) is 3.08. The van der Waals surface area contributed by atoms with Crippen molar-refractivity contribution in [2.24, 2.45) is 0 Å². The highest BCUT2D eigenvalue weighted by Gasteiger charge is 2.46. The lowest BCUT2D eigenvalue weighted by molar-refractivity contribution is 0.140. The SMILES string of the molecule is OC1(c2nnc3ccc(-c4ocnc4-c4cc(F)c(F)cc4F)cn23)CC1. The number of aliphatic hydroxyl groups is 1. The molecule has 0 amide bonds. The smallest absolute Gasteiger partial charge is 0.182 e. The Hall–Kier alpha value is -3.20. The Morgan fingerprint density at radius 2 is 1.81 bits per heavy atom. The Labute approximate surface area is 149 Å². The van der Waals surface area contributed by atoms with Crippen LogP contribution in [0.1, 0.15) is 18.7 Å². The van der Waals surface area contributed by atoms with Gasteiger partial charge in [-0.1, -0.05) is 0 Å². The number of aromatic nitrogens is 4. The van der Waals surface area contributed by atoms with E-state index in [0.717, 1.165) is 12.5 Å². The second kappa shape index (κ2) is 5.40. The fraction of sp³-hybridized carbons (Fsp3) is 0.167. The van der Waals surface area contributed by atoms with Crippen molar-refractivity contribution in [3.63, 3.8) is 0 Å².